The van der Waals surface area contributed by atoms with Crippen molar-refractivity contribution in [3.8, 4) is 11.1 Å². The molecule has 0 radical (unpaired) electrons. The minimum absolute atomic E-state index is 0.0428. The van der Waals surface area contributed by atoms with Crippen molar-refractivity contribution in [2.45, 2.75) is 20.0 Å². The molecule has 4 heteroatoms. The SMILES string of the molecule is [C-]#[N+]c1ccc2c(c1[N+]#[C-])N(c1cc(-c3ccccc3)ccc1C)[C@@H](C)N2C. The zero-order chi connectivity index (χ0) is 19.8. The lowest BCUT2D eigenvalue weighted by molar-refractivity contribution is 0.733. The molecule has 0 spiro atoms. The fraction of sp³-hybridized carbons (Fsp3) is 0.167. The molecule has 1 aliphatic rings. The molecule has 0 N–H and O–H groups in total. The van der Waals surface area contributed by atoms with Crippen LogP contribution in [0.1, 0.15) is 12.5 Å². The summed E-state index contributed by atoms with van der Waals surface area (Å²) in [4.78, 5) is 11.7. The molecule has 1 heterocycles. The Kier molecular flexibility index (Phi) is 4.26. The molecular weight excluding hydrogens is 344 g/mol. The Labute approximate surface area is 165 Å². The summed E-state index contributed by atoms with van der Waals surface area (Å²) >= 11 is 0. The van der Waals surface area contributed by atoms with Crippen LogP contribution in [0.3, 0.4) is 0 Å². The van der Waals surface area contributed by atoms with Crippen LogP contribution < -0.4 is 9.80 Å². The molecule has 1 aliphatic heterocycles. The van der Waals surface area contributed by atoms with Gasteiger partial charge in [-0.05, 0) is 42.7 Å². The third-order valence-electron chi connectivity index (χ3n) is 5.47. The summed E-state index contributed by atoms with van der Waals surface area (Å²) in [7, 11) is 2.03. The van der Waals surface area contributed by atoms with E-state index in [-0.39, 0.29) is 6.17 Å². The lowest BCUT2D eigenvalue weighted by atomic mass is 10.0. The number of hydrogen-bond donors (Lipinski definition) is 0. The van der Waals surface area contributed by atoms with Crippen LogP contribution in [0, 0.1) is 20.1 Å². The molecule has 136 valence electrons. The monoisotopic (exact) mass is 364 g/mol. The quantitative estimate of drug-likeness (QED) is 0.470. The van der Waals surface area contributed by atoms with Crippen LogP contribution in [0.15, 0.2) is 60.7 Å². The Bertz CT molecular complexity index is 1140. The van der Waals surface area contributed by atoms with Crippen LogP contribution >= 0.6 is 0 Å². The van der Waals surface area contributed by atoms with Gasteiger partial charge in [0, 0.05) is 18.4 Å². The fourth-order valence-corrected chi connectivity index (χ4v) is 3.84. The topological polar surface area (TPSA) is 15.2 Å². The summed E-state index contributed by atoms with van der Waals surface area (Å²) in [6.45, 7) is 19.4. The van der Waals surface area contributed by atoms with Gasteiger partial charge >= 0.3 is 0 Å². The van der Waals surface area contributed by atoms with E-state index in [0.29, 0.717) is 11.4 Å². The van der Waals surface area contributed by atoms with E-state index in [0.717, 1.165) is 33.8 Å². The molecule has 0 fully saturated rings. The van der Waals surface area contributed by atoms with Gasteiger partial charge in [0.15, 0.2) is 5.69 Å². The average molecular weight is 364 g/mol. The third kappa shape index (κ3) is 2.59. The zero-order valence-electron chi connectivity index (χ0n) is 16.1. The highest BCUT2D eigenvalue weighted by atomic mass is 15.4. The Balaban J connectivity index is 1.95. The van der Waals surface area contributed by atoms with Crippen LogP contribution in [0.5, 0.6) is 0 Å². The second kappa shape index (κ2) is 6.76. The minimum Gasteiger partial charge on any atom is -0.354 e. The van der Waals surface area contributed by atoms with E-state index < -0.39 is 0 Å². The molecule has 3 aromatic carbocycles. The predicted octanol–water partition coefficient (Wildman–Crippen LogP) is 6.70. The van der Waals surface area contributed by atoms with E-state index in [4.69, 9.17) is 13.1 Å². The highest BCUT2D eigenvalue weighted by molar-refractivity contribution is 5.99. The standard InChI is InChI=1S/C24H20N4/c1-16-11-12-19(18-9-7-6-8-10-18)15-22(16)28-17(2)27(5)21-14-13-20(25-3)23(26-4)24(21)28/h6-15,17H,1-2,5H3/t17-/m0/s1. The fourth-order valence-electron chi connectivity index (χ4n) is 3.84. The van der Waals surface area contributed by atoms with E-state index in [1.54, 1.807) is 6.07 Å². The maximum Gasteiger partial charge on any atom is 0.219 e. The van der Waals surface area contributed by atoms with Crippen molar-refractivity contribution in [3.05, 3.63) is 89.1 Å². The number of fused-ring (bicyclic) bond motifs is 1. The van der Waals surface area contributed by atoms with Gasteiger partial charge in [0.25, 0.3) is 0 Å². The van der Waals surface area contributed by atoms with Crippen molar-refractivity contribution in [2.75, 3.05) is 16.8 Å². The minimum atomic E-state index is 0.0428. The molecule has 3 aromatic rings. The third-order valence-corrected chi connectivity index (χ3v) is 5.47. The summed E-state index contributed by atoms with van der Waals surface area (Å²) in [5, 5.41) is 0. The first-order chi connectivity index (χ1) is 13.6. The largest absolute Gasteiger partial charge is 0.354 e. The molecule has 4 rings (SSSR count). The van der Waals surface area contributed by atoms with Crippen molar-refractivity contribution >= 4 is 28.4 Å². The number of anilines is 3. The Morgan fingerprint density at radius 2 is 1.61 bits per heavy atom. The van der Waals surface area contributed by atoms with Crippen LogP contribution in [0.2, 0.25) is 0 Å². The van der Waals surface area contributed by atoms with Crippen molar-refractivity contribution in [1.29, 1.82) is 0 Å². The lowest BCUT2D eigenvalue weighted by Crippen LogP contribution is -2.35. The summed E-state index contributed by atoms with van der Waals surface area (Å²) in [5.74, 6) is 0. The average Bonchev–Trinajstić information content (AvgIpc) is 2.99. The summed E-state index contributed by atoms with van der Waals surface area (Å²) in [6.07, 6.45) is 0.0428. The normalized spacial score (nSPS) is 15.1. The molecule has 0 aliphatic carbocycles. The van der Waals surface area contributed by atoms with Crippen LogP contribution in [0.25, 0.3) is 20.8 Å². The number of nitrogens with zero attached hydrogens (tertiary/aromatic N) is 4. The molecule has 28 heavy (non-hydrogen) atoms. The van der Waals surface area contributed by atoms with Gasteiger partial charge < -0.3 is 9.80 Å². The molecule has 4 nitrogen and oxygen atoms in total. The predicted molar refractivity (Wildman–Crippen MR) is 116 cm³/mol. The Morgan fingerprint density at radius 3 is 2.29 bits per heavy atom. The van der Waals surface area contributed by atoms with Crippen molar-refractivity contribution in [2.24, 2.45) is 0 Å². The molecule has 0 saturated heterocycles. The van der Waals surface area contributed by atoms with Crippen LogP contribution in [-0.4, -0.2) is 13.2 Å². The molecule has 0 saturated carbocycles. The van der Waals surface area contributed by atoms with E-state index in [2.05, 4.69) is 63.7 Å². The first kappa shape index (κ1) is 17.6. The van der Waals surface area contributed by atoms with E-state index in [1.807, 2.05) is 31.3 Å². The number of hydrogen-bond acceptors (Lipinski definition) is 2. The summed E-state index contributed by atoms with van der Waals surface area (Å²) in [5.41, 5.74) is 7.12. The van der Waals surface area contributed by atoms with Gasteiger partial charge in [-0.25, -0.2) is 4.85 Å². The van der Waals surface area contributed by atoms with Crippen molar-refractivity contribution < 1.29 is 0 Å². The number of aryl methyl sites for hydroxylation is 1. The van der Waals surface area contributed by atoms with Gasteiger partial charge in [0.1, 0.15) is 6.17 Å². The molecule has 0 amide bonds. The zero-order valence-corrected chi connectivity index (χ0v) is 16.1. The van der Waals surface area contributed by atoms with Gasteiger partial charge in [-0.2, -0.15) is 0 Å². The van der Waals surface area contributed by atoms with E-state index in [1.165, 1.54) is 0 Å². The maximum atomic E-state index is 7.71. The van der Waals surface area contributed by atoms with Gasteiger partial charge in [0.2, 0.25) is 5.69 Å². The molecule has 0 bridgehead atoms. The lowest BCUT2D eigenvalue weighted by Gasteiger charge is -2.30. The Morgan fingerprint density at radius 1 is 0.857 bits per heavy atom. The van der Waals surface area contributed by atoms with Crippen LogP contribution in [0.4, 0.5) is 28.4 Å². The number of benzene rings is 3. The maximum absolute atomic E-state index is 7.71. The Hall–Kier alpha value is -3.76. The smallest absolute Gasteiger partial charge is 0.219 e. The molecule has 0 unspecified atom stereocenters. The first-order valence-corrected chi connectivity index (χ1v) is 9.17. The second-order valence-electron chi connectivity index (χ2n) is 7.00. The van der Waals surface area contributed by atoms with Gasteiger partial charge in [-0.15, -0.1) is 0 Å². The summed E-state index contributed by atoms with van der Waals surface area (Å²) in [6, 6.07) is 20.4. The first-order valence-electron chi connectivity index (χ1n) is 9.17. The van der Waals surface area contributed by atoms with E-state index in [9.17, 15) is 0 Å². The molecule has 0 aromatic heterocycles. The van der Waals surface area contributed by atoms with Gasteiger partial charge in [-0.1, -0.05) is 48.5 Å². The highest BCUT2D eigenvalue weighted by Gasteiger charge is 2.35. The summed E-state index contributed by atoms with van der Waals surface area (Å²) < 4.78 is 0. The van der Waals surface area contributed by atoms with E-state index >= 15 is 0 Å². The second-order valence-corrected chi connectivity index (χ2v) is 7.00. The van der Waals surface area contributed by atoms with Crippen LogP contribution in [-0.2, 0) is 0 Å². The van der Waals surface area contributed by atoms with Gasteiger partial charge in [0.05, 0.1) is 18.8 Å². The van der Waals surface area contributed by atoms with Crippen molar-refractivity contribution in [1.82, 2.24) is 0 Å². The number of rotatable bonds is 2. The highest BCUT2D eigenvalue weighted by Crippen LogP contribution is 2.53. The van der Waals surface area contributed by atoms with Crippen molar-refractivity contribution in [3.63, 3.8) is 0 Å². The van der Waals surface area contributed by atoms with Gasteiger partial charge in [-0.3, -0.25) is 4.85 Å². The molecular formula is C24H20N4. The molecule has 1 atom stereocenters.